The number of nitrogens with zero attached hydrogens (tertiary/aromatic N) is 2. The third kappa shape index (κ3) is 3.98. The van der Waals surface area contributed by atoms with Gasteiger partial charge in [0, 0.05) is 36.5 Å². The monoisotopic (exact) mass is 400 g/mol. The predicted octanol–water partition coefficient (Wildman–Crippen LogP) is 5.48. The van der Waals surface area contributed by atoms with Crippen LogP contribution < -0.4 is 4.74 Å². The van der Waals surface area contributed by atoms with Gasteiger partial charge in [0.25, 0.3) is 0 Å². The molecule has 4 nitrogen and oxygen atoms in total. The quantitative estimate of drug-likeness (QED) is 0.570. The molecule has 0 atom stereocenters. The first-order valence-corrected chi connectivity index (χ1v) is 10.7. The molecule has 1 aliphatic rings. The first-order chi connectivity index (χ1) is 14.5. The average Bonchev–Trinajstić information content (AvgIpc) is 2.99. The van der Waals surface area contributed by atoms with Crippen LogP contribution in [-0.2, 0) is 18.3 Å². The van der Waals surface area contributed by atoms with Gasteiger partial charge in [-0.25, -0.2) is 0 Å². The van der Waals surface area contributed by atoms with Crippen LogP contribution in [0.4, 0.5) is 0 Å². The molecule has 1 aromatic heterocycles. The average molecular weight is 401 g/mol. The van der Waals surface area contributed by atoms with Crippen molar-refractivity contribution in [1.29, 1.82) is 5.26 Å². The van der Waals surface area contributed by atoms with E-state index >= 15 is 0 Å². The maximum Gasteiger partial charge on any atom is 0.132 e. The largest absolute Gasteiger partial charge is 0.490 e. The molecule has 0 spiro atoms. The number of fused-ring (bicyclic) bond motifs is 1. The molecule has 0 aliphatic heterocycles. The number of hydrogen-bond acceptors (Lipinski definition) is 3. The van der Waals surface area contributed by atoms with Crippen molar-refractivity contribution in [2.75, 3.05) is 0 Å². The molecule has 1 aliphatic carbocycles. The fourth-order valence-electron chi connectivity index (χ4n) is 4.67. The van der Waals surface area contributed by atoms with Crippen molar-refractivity contribution in [2.45, 2.75) is 52.1 Å². The predicted molar refractivity (Wildman–Crippen MR) is 119 cm³/mol. The van der Waals surface area contributed by atoms with Gasteiger partial charge in [0.2, 0.25) is 0 Å². The van der Waals surface area contributed by atoms with Crippen LogP contribution >= 0.6 is 0 Å². The van der Waals surface area contributed by atoms with Crippen LogP contribution in [0.15, 0.2) is 42.5 Å². The Bertz CT molecular complexity index is 1130. The normalized spacial score (nSPS) is 18.9. The Balaban J connectivity index is 1.59. The van der Waals surface area contributed by atoms with Gasteiger partial charge < -0.3 is 9.30 Å². The second kappa shape index (κ2) is 8.36. The summed E-state index contributed by atoms with van der Waals surface area (Å²) < 4.78 is 8.38. The van der Waals surface area contributed by atoms with E-state index in [1.54, 1.807) is 6.92 Å². The van der Waals surface area contributed by atoms with E-state index in [-0.39, 0.29) is 12.0 Å². The summed E-state index contributed by atoms with van der Waals surface area (Å²) >= 11 is 0. The second-order valence-electron chi connectivity index (χ2n) is 8.54. The van der Waals surface area contributed by atoms with E-state index in [4.69, 9.17) is 4.74 Å². The first kappa shape index (κ1) is 20.2. The zero-order chi connectivity index (χ0) is 21.3. The number of hydrogen-bond donors (Lipinski definition) is 0. The fraction of sp³-hybridized carbons (Fsp3) is 0.385. The SMILES string of the molecule is Cc1cccc(Cc2c(C#N)c3ccc(O[C@H]4CC[C@@H](C(C)=O)CC4)cc3n2C)c1. The minimum absolute atomic E-state index is 0.153. The Morgan fingerprint density at radius 2 is 1.93 bits per heavy atom. The molecule has 0 radical (unpaired) electrons. The van der Waals surface area contributed by atoms with Gasteiger partial charge in [-0.05, 0) is 57.2 Å². The number of benzene rings is 2. The summed E-state index contributed by atoms with van der Waals surface area (Å²) in [5.74, 6) is 1.33. The summed E-state index contributed by atoms with van der Waals surface area (Å²) in [6, 6.07) is 16.9. The molecule has 1 fully saturated rings. The molecule has 0 amide bonds. The van der Waals surface area contributed by atoms with E-state index in [1.165, 1.54) is 11.1 Å². The summed E-state index contributed by atoms with van der Waals surface area (Å²) in [5.41, 5.74) is 5.21. The zero-order valence-electron chi connectivity index (χ0n) is 17.9. The van der Waals surface area contributed by atoms with Crippen molar-refractivity contribution >= 4 is 16.7 Å². The highest BCUT2D eigenvalue weighted by Gasteiger charge is 2.25. The second-order valence-corrected chi connectivity index (χ2v) is 8.54. The standard InChI is InChI=1S/C26H28N2O2/c1-17-5-4-6-19(13-17)14-25-24(16-27)23-12-11-22(15-26(23)28(25)3)30-21-9-7-20(8-10-21)18(2)29/h4-6,11-13,15,20-21H,7-10,14H2,1-3H3/t20-,21+. The molecule has 0 bridgehead atoms. The van der Waals surface area contributed by atoms with Crippen molar-refractivity contribution in [2.24, 2.45) is 13.0 Å². The third-order valence-corrected chi connectivity index (χ3v) is 6.41. The van der Waals surface area contributed by atoms with Gasteiger partial charge in [-0.2, -0.15) is 5.26 Å². The number of carbonyl (C=O) groups is 1. The molecule has 30 heavy (non-hydrogen) atoms. The van der Waals surface area contributed by atoms with Crippen LogP contribution in [0, 0.1) is 24.2 Å². The molecule has 0 N–H and O–H groups in total. The van der Waals surface area contributed by atoms with Gasteiger partial charge in [0.15, 0.2) is 0 Å². The van der Waals surface area contributed by atoms with Crippen LogP contribution in [0.3, 0.4) is 0 Å². The van der Waals surface area contributed by atoms with Crippen LogP contribution in [-0.4, -0.2) is 16.5 Å². The number of carbonyl (C=O) groups excluding carboxylic acids is 1. The molecule has 1 heterocycles. The lowest BCUT2D eigenvalue weighted by Crippen LogP contribution is -2.27. The third-order valence-electron chi connectivity index (χ3n) is 6.41. The maximum absolute atomic E-state index is 11.6. The molecule has 0 unspecified atom stereocenters. The molecule has 1 saturated carbocycles. The zero-order valence-corrected chi connectivity index (χ0v) is 17.9. The van der Waals surface area contributed by atoms with Gasteiger partial charge in [-0.3, -0.25) is 4.79 Å². The van der Waals surface area contributed by atoms with Crippen LogP contribution in [0.25, 0.3) is 10.9 Å². The van der Waals surface area contributed by atoms with Crippen LogP contribution in [0.2, 0.25) is 0 Å². The van der Waals surface area contributed by atoms with Crippen molar-refractivity contribution < 1.29 is 9.53 Å². The summed E-state index contributed by atoms with van der Waals surface area (Å²) in [5, 5.41) is 10.8. The number of aromatic nitrogens is 1. The fourth-order valence-corrected chi connectivity index (χ4v) is 4.67. The Morgan fingerprint density at radius 1 is 1.17 bits per heavy atom. The highest BCUT2D eigenvalue weighted by molar-refractivity contribution is 5.89. The summed E-state index contributed by atoms with van der Waals surface area (Å²) in [6.45, 7) is 3.78. The lowest BCUT2D eigenvalue weighted by atomic mass is 9.85. The van der Waals surface area contributed by atoms with Gasteiger partial charge in [0.05, 0.1) is 17.2 Å². The Labute approximate surface area is 178 Å². The van der Waals surface area contributed by atoms with Crippen molar-refractivity contribution in [3.05, 3.63) is 64.8 Å². The topological polar surface area (TPSA) is 55.0 Å². The van der Waals surface area contributed by atoms with Gasteiger partial charge in [-0.1, -0.05) is 29.8 Å². The number of ether oxygens (including phenoxy) is 1. The van der Waals surface area contributed by atoms with Crippen molar-refractivity contribution in [3.8, 4) is 11.8 Å². The molecule has 0 saturated heterocycles. The Morgan fingerprint density at radius 3 is 2.60 bits per heavy atom. The van der Waals surface area contributed by atoms with E-state index in [0.29, 0.717) is 5.78 Å². The molecular formula is C26H28N2O2. The number of aryl methyl sites for hydroxylation is 2. The minimum atomic E-state index is 0.153. The minimum Gasteiger partial charge on any atom is -0.490 e. The van der Waals surface area contributed by atoms with E-state index in [2.05, 4.69) is 41.8 Å². The number of nitriles is 1. The molecular weight excluding hydrogens is 372 g/mol. The van der Waals surface area contributed by atoms with Crippen molar-refractivity contribution in [3.63, 3.8) is 0 Å². The Kier molecular flexibility index (Phi) is 5.63. The number of rotatable bonds is 5. The number of Topliss-reactive ketones (excluding diaryl/α,β-unsaturated/α-hetero) is 1. The molecule has 4 heteroatoms. The van der Waals surface area contributed by atoms with Crippen LogP contribution in [0.1, 0.15) is 55.0 Å². The van der Waals surface area contributed by atoms with Gasteiger partial charge in [-0.15, -0.1) is 0 Å². The van der Waals surface area contributed by atoms with E-state index in [0.717, 1.165) is 60.0 Å². The first-order valence-electron chi connectivity index (χ1n) is 10.7. The van der Waals surface area contributed by atoms with E-state index in [9.17, 15) is 10.1 Å². The lowest BCUT2D eigenvalue weighted by Gasteiger charge is -2.27. The highest BCUT2D eigenvalue weighted by Crippen LogP contribution is 2.32. The van der Waals surface area contributed by atoms with Crippen molar-refractivity contribution in [1.82, 2.24) is 4.57 Å². The summed E-state index contributed by atoms with van der Waals surface area (Å²) in [4.78, 5) is 11.6. The molecule has 3 aromatic rings. The van der Waals surface area contributed by atoms with Crippen LogP contribution in [0.5, 0.6) is 5.75 Å². The maximum atomic E-state index is 11.6. The molecule has 154 valence electrons. The van der Waals surface area contributed by atoms with E-state index in [1.807, 2.05) is 25.2 Å². The van der Waals surface area contributed by atoms with Gasteiger partial charge in [0.1, 0.15) is 17.6 Å². The number of ketones is 1. The van der Waals surface area contributed by atoms with Gasteiger partial charge >= 0.3 is 0 Å². The summed E-state index contributed by atoms with van der Waals surface area (Å²) in [7, 11) is 2.02. The molecule has 2 aromatic carbocycles. The smallest absolute Gasteiger partial charge is 0.132 e. The Hall–Kier alpha value is -3.06. The highest BCUT2D eigenvalue weighted by atomic mass is 16.5. The summed E-state index contributed by atoms with van der Waals surface area (Å²) in [6.07, 6.45) is 4.52. The molecule has 4 rings (SSSR count). The lowest BCUT2D eigenvalue weighted by molar-refractivity contribution is -0.122. The van der Waals surface area contributed by atoms with E-state index < -0.39 is 0 Å².